The Bertz CT molecular complexity index is 817. The Kier molecular flexibility index (Phi) is 10.8. The van der Waals surface area contributed by atoms with Crippen LogP contribution in [0.3, 0.4) is 0 Å². The van der Waals surface area contributed by atoms with Crippen LogP contribution in [-0.2, 0) is 0 Å². The van der Waals surface area contributed by atoms with E-state index in [9.17, 15) is 4.79 Å². The van der Waals surface area contributed by atoms with E-state index in [0.717, 1.165) is 10.9 Å². The molecule has 0 radical (unpaired) electrons. The first-order valence-corrected chi connectivity index (χ1v) is 11.2. The van der Waals surface area contributed by atoms with Crippen molar-refractivity contribution in [3.63, 3.8) is 0 Å². The zero-order chi connectivity index (χ0) is 21.7. The van der Waals surface area contributed by atoms with Gasteiger partial charge in [-0.25, -0.2) is 0 Å². The van der Waals surface area contributed by atoms with Crippen LogP contribution in [0.2, 0.25) is 5.02 Å². The molecule has 0 saturated heterocycles. The van der Waals surface area contributed by atoms with E-state index in [2.05, 4.69) is 0 Å². The number of carbonyl (C=O) groups excluding carboxylic acids is 1. The molecule has 0 fully saturated rings. The van der Waals surface area contributed by atoms with Crippen LogP contribution in [0.1, 0.15) is 57.5 Å². The number of benzene rings is 2. The van der Waals surface area contributed by atoms with Crippen molar-refractivity contribution >= 4 is 31.0 Å². The molecule has 0 aromatic heterocycles. The SMILES string of the molecule is Cc1cccc(Cl)c1C(=O)Pc1c(OC(C)C)cc(OC(C)C)cc1OC(C)C.[Li+]. The molecule has 0 aliphatic heterocycles. The van der Waals surface area contributed by atoms with E-state index in [1.165, 1.54) is 0 Å². The predicted molar refractivity (Wildman–Crippen MR) is 122 cm³/mol. The minimum Gasteiger partial charge on any atom is -0.491 e. The van der Waals surface area contributed by atoms with Crippen molar-refractivity contribution in [2.45, 2.75) is 66.8 Å². The van der Waals surface area contributed by atoms with Crippen LogP contribution < -0.4 is 38.4 Å². The van der Waals surface area contributed by atoms with Gasteiger partial charge in [0, 0.05) is 17.7 Å². The third-order valence-electron chi connectivity index (χ3n) is 3.82. The molecule has 2 rings (SSSR count). The van der Waals surface area contributed by atoms with Crippen LogP contribution in [0.15, 0.2) is 30.3 Å². The minimum atomic E-state index is -0.191. The maximum absolute atomic E-state index is 13.2. The maximum atomic E-state index is 13.2. The Hall–Kier alpha value is -1.17. The summed E-state index contributed by atoms with van der Waals surface area (Å²) in [6.45, 7) is 13.6. The monoisotopic (exact) mass is 443 g/mol. The van der Waals surface area contributed by atoms with Crippen molar-refractivity contribution in [3.05, 3.63) is 46.5 Å². The Morgan fingerprint density at radius 2 is 1.40 bits per heavy atom. The molecule has 1 unspecified atom stereocenters. The van der Waals surface area contributed by atoms with Gasteiger partial charge in [0.15, 0.2) is 5.52 Å². The van der Waals surface area contributed by atoms with Crippen LogP contribution in [0.25, 0.3) is 0 Å². The largest absolute Gasteiger partial charge is 1.00 e. The standard InChI is InChI=1S/C23H30ClO4P.Li/c1-13(2)26-17-11-19(27-14(3)4)22(20(12-17)28-15(5)6)29-23(25)21-16(7)9-8-10-18(21)24;/h8-15,29H,1-7H3;/q;+1. The van der Waals surface area contributed by atoms with Crippen LogP contribution >= 0.6 is 20.2 Å². The van der Waals surface area contributed by atoms with Crippen LogP contribution in [-0.4, -0.2) is 23.8 Å². The van der Waals surface area contributed by atoms with Gasteiger partial charge in [-0.15, -0.1) is 0 Å². The fourth-order valence-corrected chi connectivity index (χ4v) is 4.40. The third-order valence-corrected chi connectivity index (χ3v) is 5.36. The molecule has 0 spiro atoms. The molecule has 2 aromatic rings. The van der Waals surface area contributed by atoms with Crippen molar-refractivity contribution in [3.8, 4) is 17.2 Å². The van der Waals surface area contributed by atoms with Gasteiger partial charge in [-0.2, -0.15) is 0 Å². The van der Waals surface area contributed by atoms with Crippen LogP contribution in [0, 0.1) is 6.92 Å². The normalized spacial score (nSPS) is 11.3. The van der Waals surface area contributed by atoms with Gasteiger partial charge in [-0.05, 0) is 68.7 Å². The number of aryl methyl sites for hydroxylation is 1. The molecule has 0 amide bonds. The number of hydrogen-bond acceptors (Lipinski definition) is 4. The van der Waals surface area contributed by atoms with Crippen LogP contribution in [0.4, 0.5) is 0 Å². The number of halogens is 1. The minimum absolute atomic E-state index is 0. The summed E-state index contributed by atoms with van der Waals surface area (Å²) in [5, 5.41) is 1.19. The van der Waals surface area contributed by atoms with Gasteiger partial charge in [-0.1, -0.05) is 23.7 Å². The van der Waals surface area contributed by atoms with Crippen molar-refractivity contribution in [1.82, 2.24) is 0 Å². The van der Waals surface area contributed by atoms with Gasteiger partial charge in [0.05, 0.1) is 28.6 Å². The molecular weight excluding hydrogens is 414 g/mol. The molecule has 1 atom stereocenters. The first-order valence-electron chi connectivity index (χ1n) is 9.83. The third kappa shape index (κ3) is 7.51. The van der Waals surface area contributed by atoms with Gasteiger partial charge in [0.1, 0.15) is 17.2 Å². The number of rotatable bonds is 9. The summed E-state index contributed by atoms with van der Waals surface area (Å²) in [6.07, 6.45) is -0.108. The Morgan fingerprint density at radius 3 is 1.83 bits per heavy atom. The number of hydrogen-bond donors (Lipinski definition) is 0. The molecule has 0 bridgehead atoms. The quantitative estimate of drug-likeness (QED) is 0.441. The van der Waals surface area contributed by atoms with Crippen LogP contribution in [0.5, 0.6) is 17.2 Å². The smallest absolute Gasteiger partial charge is 0.491 e. The van der Waals surface area contributed by atoms with E-state index in [1.807, 2.05) is 72.7 Å². The molecule has 0 heterocycles. The van der Waals surface area contributed by atoms with Gasteiger partial charge < -0.3 is 14.2 Å². The summed E-state index contributed by atoms with van der Waals surface area (Å²) in [5.74, 6) is 1.86. The van der Waals surface area contributed by atoms with Gasteiger partial charge in [-0.3, -0.25) is 4.79 Å². The molecule has 0 aliphatic rings. The number of ether oxygens (including phenoxy) is 3. The Labute approximate surface area is 199 Å². The summed E-state index contributed by atoms with van der Waals surface area (Å²) < 4.78 is 18.0. The fraction of sp³-hybridized carbons (Fsp3) is 0.435. The van der Waals surface area contributed by atoms with E-state index in [4.69, 9.17) is 25.8 Å². The first kappa shape index (κ1) is 26.9. The van der Waals surface area contributed by atoms with E-state index >= 15 is 0 Å². The zero-order valence-electron chi connectivity index (χ0n) is 19.1. The molecule has 0 saturated carbocycles. The van der Waals surface area contributed by atoms with Gasteiger partial charge in [0.2, 0.25) is 0 Å². The first-order chi connectivity index (χ1) is 13.6. The van der Waals surface area contributed by atoms with Crippen molar-refractivity contribution in [2.75, 3.05) is 0 Å². The molecular formula is C23H30ClLiO4P+. The average Bonchev–Trinajstić information content (AvgIpc) is 2.56. The average molecular weight is 444 g/mol. The summed E-state index contributed by atoms with van der Waals surface area (Å²) in [4.78, 5) is 13.2. The van der Waals surface area contributed by atoms with E-state index < -0.39 is 0 Å². The second kappa shape index (κ2) is 12.0. The molecule has 0 aliphatic carbocycles. The fourth-order valence-electron chi connectivity index (χ4n) is 2.82. The molecule has 7 heteroatoms. The summed E-state index contributed by atoms with van der Waals surface area (Å²) in [5.41, 5.74) is 1.35. The van der Waals surface area contributed by atoms with E-state index in [0.29, 0.717) is 27.8 Å². The second-order valence-electron chi connectivity index (χ2n) is 7.68. The summed E-state index contributed by atoms with van der Waals surface area (Å²) in [7, 11) is -0.191. The molecule has 0 N–H and O–H groups in total. The maximum Gasteiger partial charge on any atom is 1.00 e. The Morgan fingerprint density at radius 1 is 0.900 bits per heavy atom. The zero-order valence-corrected chi connectivity index (χ0v) is 20.9. The van der Waals surface area contributed by atoms with Gasteiger partial charge >= 0.3 is 18.9 Å². The molecule has 2 aromatic carbocycles. The summed E-state index contributed by atoms with van der Waals surface area (Å²) >= 11 is 6.32. The molecule has 4 nitrogen and oxygen atoms in total. The van der Waals surface area contributed by atoms with Crippen molar-refractivity contribution in [1.29, 1.82) is 0 Å². The predicted octanol–water partition coefficient (Wildman–Crippen LogP) is 3.16. The van der Waals surface area contributed by atoms with Crippen molar-refractivity contribution < 1.29 is 37.9 Å². The second-order valence-corrected chi connectivity index (χ2v) is 9.29. The van der Waals surface area contributed by atoms with Gasteiger partial charge in [0.25, 0.3) is 0 Å². The number of carbonyl (C=O) groups is 1. The Balaban J connectivity index is 0.00000450. The topological polar surface area (TPSA) is 44.8 Å². The van der Waals surface area contributed by atoms with Crippen molar-refractivity contribution in [2.24, 2.45) is 0 Å². The van der Waals surface area contributed by atoms with E-state index in [1.54, 1.807) is 6.07 Å². The van der Waals surface area contributed by atoms with E-state index in [-0.39, 0.29) is 51.3 Å². The summed E-state index contributed by atoms with van der Waals surface area (Å²) in [6, 6.07) is 9.14. The molecule has 30 heavy (non-hydrogen) atoms. The molecule has 158 valence electrons.